The molecule has 0 saturated carbocycles. The number of nitrogens with zero attached hydrogens (tertiary/aromatic N) is 3. The molecule has 25 heavy (non-hydrogen) atoms. The monoisotopic (exact) mass is 367 g/mol. The predicted octanol–water partition coefficient (Wildman–Crippen LogP) is 1.19. The minimum Gasteiger partial charge on any atom is -0.508 e. The fraction of sp³-hybridized carbons (Fsp3) is 0.588. The van der Waals surface area contributed by atoms with Crippen LogP contribution < -0.4 is 0 Å². The number of hydrogen-bond acceptors (Lipinski definition) is 4. The number of amides is 1. The van der Waals surface area contributed by atoms with Crippen molar-refractivity contribution in [3.63, 3.8) is 0 Å². The van der Waals surface area contributed by atoms with Crippen LogP contribution in [0, 0.1) is 6.92 Å². The summed E-state index contributed by atoms with van der Waals surface area (Å²) in [4.78, 5) is 14.3. The lowest BCUT2D eigenvalue weighted by molar-refractivity contribution is 0.0763. The molecule has 0 aliphatic carbocycles. The molecule has 138 valence electrons. The van der Waals surface area contributed by atoms with E-state index in [4.69, 9.17) is 0 Å². The minimum absolute atomic E-state index is 0.0962. The van der Waals surface area contributed by atoms with Gasteiger partial charge in [0.25, 0.3) is 16.1 Å². The maximum Gasteiger partial charge on any atom is 0.282 e. The Kier molecular flexibility index (Phi) is 5.31. The second kappa shape index (κ2) is 7.31. The van der Waals surface area contributed by atoms with E-state index < -0.39 is 10.2 Å². The van der Waals surface area contributed by atoms with Gasteiger partial charge < -0.3 is 10.0 Å². The van der Waals surface area contributed by atoms with E-state index in [1.807, 2.05) is 0 Å². The Morgan fingerprint density at radius 1 is 0.960 bits per heavy atom. The molecule has 0 unspecified atom stereocenters. The molecule has 7 nitrogen and oxygen atoms in total. The Hall–Kier alpha value is -1.64. The Labute approximate surface area is 149 Å². The number of aromatic hydroxyl groups is 1. The van der Waals surface area contributed by atoms with E-state index in [0.717, 1.165) is 18.4 Å². The Bertz CT molecular complexity index is 744. The molecule has 1 N–H and O–H groups in total. The van der Waals surface area contributed by atoms with Gasteiger partial charge in [-0.15, -0.1) is 0 Å². The molecule has 0 aromatic heterocycles. The summed E-state index contributed by atoms with van der Waals surface area (Å²) in [6, 6.07) is 4.88. The van der Waals surface area contributed by atoms with E-state index in [9.17, 15) is 18.3 Å². The van der Waals surface area contributed by atoms with E-state index in [1.54, 1.807) is 28.3 Å². The third-order valence-corrected chi connectivity index (χ3v) is 6.95. The van der Waals surface area contributed by atoms with Crippen LogP contribution in [0.4, 0.5) is 0 Å². The van der Waals surface area contributed by atoms with Crippen molar-refractivity contribution in [1.82, 2.24) is 13.5 Å². The summed E-state index contributed by atoms with van der Waals surface area (Å²) in [5.74, 6) is -0.0744. The van der Waals surface area contributed by atoms with Gasteiger partial charge in [-0.05, 0) is 43.9 Å². The maximum atomic E-state index is 12.7. The molecule has 3 rings (SSSR count). The number of phenolic OH excluding ortho intramolecular Hbond substituents is 1. The Morgan fingerprint density at radius 3 is 2.28 bits per heavy atom. The van der Waals surface area contributed by atoms with Gasteiger partial charge in [-0.25, -0.2) is 0 Å². The summed E-state index contributed by atoms with van der Waals surface area (Å²) in [5.41, 5.74) is 1.15. The molecule has 2 fully saturated rings. The largest absolute Gasteiger partial charge is 0.508 e. The molecule has 1 aromatic carbocycles. The summed E-state index contributed by atoms with van der Waals surface area (Å²) in [7, 11) is -3.42. The molecule has 2 saturated heterocycles. The molecule has 2 aliphatic rings. The van der Waals surface area contributed by atoms with E-state index >= 15 is 0 Å². The molecule has 0 atom stereocenters. The second-order valence-electron chi connectivity index (χ2n) is 6.66. The Balaban J connectivity index is 1.68. The van der Waals surface area contributed by atoms with Crippen molar-refractivity contribution in [1.29, 1.82) is 0 Å². The highest BCUT2D eigenvalue weighted by Crippen LogP contribution is 2.21. The predicted molar refractivity (Wildman–Crippen MR) is 94.7 cm³/mol. The number of carbonyl (C=O) groups is 1. The minimum atomic E-state index is -3.42. The number of aryl methyl sites for hydroxylation is 1. The third-order valence-electron chi connectivity index (χ3n) is 4.92. The van der Waals surface area contributed by atoms with Crippen LogP contribution in [0.25, 0.3) is 0 Å². The molecule has 1 amide bonds. The van der Waals surface area contributed by atoms with Crippen molar-refractivity contribution in [2.45, 2.75) is 26.2 Å². The molecule has 8 heteroatoms. The molecular weight excluding hydrogens is 342 g/mol. The van der Waals surface area contributed by atoms with Gasteiger partial charge in [0.05, 0.1) is 0 Å². The third kappa shape index (κ3) is 3.80. The first-order chi connectivity index (χ1) is 11.9. The number of phenols is 1. The number of hydrogen-bond donors (Lipinski definition) is 1. The number of rotatable bonds is 3. The SMILES string of the molecule is Cc1ccc(C(=O)N2CCCN(S(=O)(=O)N3CCCC3)CC2)cc1O. The van der Waals surface area contributed by atoms with Crippen molar-refractivity contribution in [3.05, 3.63) is 29.3 Å². The summed E-state index contributed by atoms with van der Waals surface area (Å²) in [6.45, 7) is 4.56. The van der Waals surface area contributed by atoms with Gasteiger partial charge in [0.2, 0.25) is 0 Å². The molecule has 0 bridgehead atoms. The van der Waals surface area contributed by atoms with Gasteiger partial charge in [0.15, 0.2) is 0 Å². The first kappa shape index (κ1) is 18.2. The van der Waals surface area contributed by atoms with Crippen molar-refractivity contribution in [3.8, 4) is 5.75 Å². The van der Waals surface area contributed by atoms with Gasteiger partial charge in [0, 0.05) is 44.8 Å². The van der Waals surface area contributed by atoms with E-state index in [0.29, 0.717) is 51.3 Å². The lowest BCUT2D eigenvalue weighted by Gasteiger charge is -2.26. The molecule has 0 spiro atoms. The summed E-state index contributed by atoms with van der Waals surface area (Å²) in [6.07, 6.45) is 2.43. The molecule has 0 radical (unpaired) electrons. The normalized spacial score (nSPS) is 20.6. The smallest absolute Gasteiger partial charge is 0.282 e. The molecular formula is C17H25N3O4S. The fourth-order valence-electron chi connectivity index (χ4n) is 3.33. The highest BCUT2D eigenvalue weighted by Gasteiger charge is 2.33. The second-order valence-corrected chi connectivity index (χ2v) is 8.59. The zero-order chi connectivity index (χ0) is 18.0. The van der Waals surface area contributed by atoms with Crippen molar-refractivity contribution in [2.75, 3.05) is 39.3 Å². The topological polar surface area (TPSA) is 81.2 Å². The summed E-state index contributed by atoms with van der Waals surface area (Å²) >= 11 is 0. The molecule has 1 aromatic rings. The van der Waals surface area contributed by atoms with Crippen LogP contribution in [0.1, 0.15) is 35.2 Å². The van der Waals surface area contributed by atoms with Gasteiger partial charge in [-0.1, -0.05) is 6.07 Å². The van der Waals surface area contributed by atoms with Gasteiger partial charge in [-0.2, -0.15) is 17.0 Å². The quantitative estimate of drug-likeness (QED) is 0.870. The van der Waals surface area contributed by atoms with Crippen LogP contribution >= 0.6 is 0 Å². The lowest BCUT2D eigenvalue weighted by atomic mass is 10.1. The van der Waals surface area contributed by atoms with Gasteiger partial charge >= 0.3 is 0 Å². The average molecular weight is 367 g/mol. The maximum absolute atomic E-state index is 12.7. The Morgan fingerprint density at radius 2 is 1.60 bits per heavy atom. The zero-order valence-corrected chi connectivity index (χ0v) is 15.3. The number of benzene rings is 1. The first-order valence-electron chi connectivity index (χ1n) is 8.74. The standard InChI is InChI=1S/C17H25N3O4S/c1-14-5-6-15(13-16(14)21)17(22)18-7-4-10-20(12-11-18)25(23,24)19-8-2-3-9-19/h5-6,13,21H,2-4,7-12H2,1H3. The van der Waals surface area contributed by atoms with Crippen LogP contribution in [0.5, 0.6) is 5.75 Å². The van der Waals surface area contributed by atoms with Crippen LogP contribution in [0.2, 0.25) is 0 Å². The van der Waals surface area contributed by atoms with Gasteiger partial charge in [-0.3, -0.25) is 4.79 Å². The first-order valence-corrected chi connectivity index (χ1v) is 10.1. The highest BCUT2D eigenvalue weighted by molar-refractivity contribution is 7.86. The highest BCUT2D eigenvalue weighted by atomic mass is 32.2. The molecule has 2 aliphatic heterocycles. The van der Waals surface area contributed by atoms with Crippen LogP contribution in [0.15, 0.2) is 18.2 Å². The summed E-state index contributed by atoms with van der Waals surface area (Å²) < 4.78 is 28.4. The summed E-state index contributed by atoms with van der Waals surface area (Å²) in [5, 5.41) is 9.81. The average Bonchev–Trinajstić information content (AvgIpc) is 3.02. The van der Waals surface area contributed by atoms with Crippen molar-refractivity contribution < 1.29 is 18.3 Å². The van der Waals surface area contributed by atoms with E-state index in [2.05, 4.69) is 0 Å². The van der Waals surface area contributed by atoms with Crippen LogP contribution in [-0.2, 0) is 10.2 Å². The van der Waals surface area contributed by atoms with Crippen molar-refractivity contribution in [2.24, 2.45) is 0 Å². The lowest BCUT2D eigenvalue weighted by Crippen LogP contribution is -2.44. The number of carbonyl (C=O) groups excluding carboxylic acids is 1. The fourth-order valence-corrected chi connectivity index (χ4v) is 5.05. The zero-order valence-electron chi connectivity index (χ0n) is 14.5. The van der Waals surface area contributed by atoms with Crippen LogP contribution in [-0.4, -0.2) is 72.2 Å². The van der Waals surface area contributed by atoms with Crippen LogP contribution in [0.3, 0.4) is 0 Å². The van der Waals surface area contributed by atoms with Gasteiger partial charge in [0.1, 0.15) is 5.75 Å². The van der Waals surface area contributed by atoms with Crippen molar-refractivity contribution >= 4 is 16.1 Å². The van der Waals surface area contributed by atoms with E-state index in [1.165, 1.54) is 10.4 Å². The molecule has 2 heterocycles. The van der Waals surface area contributed by atoms with E-state index in [-0.39, 0.29) is 11.7 Å².